The van der Waals surface area contributed by atoms with Crippen LogP contribution < -0.4 is 10.5 Å². The second kappa shape index (κ2) is 4.74. The molecule has 0 amide bonds. The molecule has 0 unspecified atom stereocenters. The number of aromatic nitrogens is 4. The van der Waals surface area contributed by atoms with E-state index in [1.807, 2.05) is 24.3 Å². The molecule has 0 radical (unpaired) electrons. The number of halogens is 1. The first kappa shape index (κ1) is 11.7. The van der Waals surface area contributed by atoms with Crippen molar-refractivity contribution in [2.75, 3.05) is 5.73 Å². The lowest BCUT2D eigenvalue weighted by molar-refractivity contribution is 0.298. The fourth-order valence-electron chi connectivity index (χ4n) is 1.70. The van der Waals surface area contributed by atoms with Crippen molar-refractivity contribution in [3.05, 3.63) is 41.0 Å². The summed E-state index contributed by atoms with van der Waals surface area (Å²) in [5, 5.41) is 7.94. The number of nitrogens with zero attached hydrogens (tertiary/aromatic N) is 3. The quantitative estimate of drug-likeness (QED) is 0.764. The van der Waals surface area contributed by atoms with Gasteiger partial charge in [0.05, 0.1) is 6.20 Å². The lowest BCUT2D eigenvalue weighted by atomic mass is 10.2. The van der Waals surface area contributed by atoms with Crippen molar-refractivity contribution in [2.45, 2.75) is 6.61 Å². The van der Waals surface area contributed by atoms with Gasteiger partial charge in [0.15, 0.2) is 5.65 Å². The molecule has 6 nitrogen and oxygen atoms in total. The number of nitrogens with two attached hydrogens (primary N) is 1. The summed E-state index contributed by atoms with van der Waals surface area (Å²) in [5.41, 5.74) is 7.02. The maximum absolute atomic E-state index is 6.06. The maximum Gasteiger partial charge on any atom is 0.229 e. The maximum atomic E-state index is 6.06. The number of benzene rings is 1. The molecule has 0 aliphatic heterocycles. The predicted molar refractivity (Wildman–Crippen MR) is 71.9 cm³/mol. The summed E-state index contributed by atoms with van der Waals surface area (Å²) in [5.74, 6) is 0.516. The molecule has 96 valence electrons. The molecular formula is C12H10ClN5O. The zero-order valence-corrected chi connectivity index (χ0v) is 10.6. The molecule has 0 saturated carbocycles. The number of aromatic amines is 1. The molecule has 0 fully saturated rings. The predicted octanol–water partition coefficient (Wildman–Crippen LogP) is 2.17. The third kappa shape index (κ3) is 2.30. The summed E-state index contributed by atoms with van der Waals surface area (Å²) < 4.78 is 5.65. The van der Waals surface area contributed by atoms with Crippen LogP contribution in [0, 0.1) is 0 Å². The highest BCUT2D eigenvalue weighted by atomic mass is 35.5. The average molecular weight is 276 g/mol. The minimum atomic E-state index is 0.130. The van der Waals surface area contributed by atoms with Crippen LogP contribution in [0.1, 0.15) is 5.56 Å². The van der Waals surface area contributed by atoms with Gasteiger partial charge in [-0.25, -0.2) is 0 Å². The molecule has 0 aliphatic carbocycles. The summed E-state index contributed by atoms with van der Waals surface area (Å²) in [6.45, 7) is 0.302. The molecule has 0 spiro atoms. The van der Waals surface area contributed by atoms with Crippen LogP contribution in [0.15, 0.2) is 30.5 Å². The van der Waals surface area contributed by atoms with E-state index in [0.717, 1.165) is 5.56 Å². The molecule has 0 bridgehead atoms. The summed E-state index contributed by atoms with van der Waals surface area (Å²) in [7, 11) is 0. The van der Waals surface area contributed by atoms with E-state index in [9.17, 15) is 0 Å². The Labute approximate surface area is 113 Å². The molecule has 7 heteroatoms. The van der Waals surface area contributed by atoms with Crippen molar-refractivity contribution < 1.29 is 4.74 Å². The molecule has 1 aromatic carbocycles. The van der Waals surface area contributed by atoms with E-state index in [-0.39, 0.29) is 5.95 Å². The Hall–Kier alpha value is -2.34. The van der Waals surface area contributed by atoms with E-state index in [1.165, 1.54) is 0 Å². The summed E-state index contributed by atoms with van der Waals surface area (Å²) in [6.07, 6.45) is 1.59. The van der Waals surface area contributed by atoms with Gasteiger partial charge in [-0.3, -0.25) is 5.10 Å². The van der Waals surface area contributed by atoms with Crippen LogP contribution in [0.2, 0.25) is 5.02 Å². The van der Waals surface area contributed by atoms with Gasteiger partial charge < -0.3 is 10.5 Å². The van der Waals surface area contributed by atoms with E-state index < -0.39 is 0 Å². The van der Waals surface area contributed by atoms with Crippen molar-refractivity contribution in [2.24, 2.45) is 0 Å². The van der Waals surface area contributed by atoms with Gasteiger partial charge in [0.2, 0.25) is 11.8 Å². The van der Waals surface area contributed by atoms with Gasteiger partial charge in [0.1, 0.15) is 12.0 Å². The number of hydrogen-bond acceptors (Lipinski definition) is 5. The molecular weight excluding hydrogens is 266 g/mol. The fraction of sp³-hybridized carbons (Fsp3) is 0.0833. The Morgan fingerprint density at radius 3 is 2.95 bits per heavy atom. The van der Waals surface area contributed by atoms with E-state index >= 15 is 0 Å². The first-order chi connectivity index (χ1) is 9.24. The number of ether oxygens (including phenoxy) is 1. The second-order valence-electron chi connectivity index (χ2n) is 3.90. The van der Waals surface area contributed by atoms with Crippen LogP contribution >= 0.6 is 11.6 Å². The van der Waals surface area contributed by atoms with Gasteiger partial charge in [0, 0.05) is 10.6 Å². The first-order valence-electron chi connectivity index (χ1n) is 5.57. The number of nitrogens with one attached hydrogen (secondary N) is 1. The number of fused-ring (bicyclic) bond motifs is 1. The molecule has 0 aliphatic rings. The smallest absolute Gasteiger partial charge is 0.229 e. The number of hydrogen-bond donors (Lipinski definition) is 2. The lowest BCUT2D eigenvalue weighted by Gasteiger charge is -2.07. The van der Waals surface area contributed by atoms with Crippen molar-refractivity contribution in [3.63, 3.8) is 0 Å². The fourth-order valence-corrected chi connectivity index (χ4v) is 1.89. The number of H-pyrrole nitrogens is 1. The van der Waals surface area contributed by atoms with Crippen molar-refractivity contribution in [1.82, 2.24) is 20.2 Å². The largest absolute Gasteiger partial charge is 0.472 e. The van der Waals surface area contributed by atoms with Gasteiger partial charge in [-0.05, 0) is 6.07 Å². The second-order valence-corrected chi connectivity index (χ2v) is 4.31. The van der Waals surface area contributed by atoms with Gasteiger partial charge in [-0.2, -0.15) is 15.1 Å². The van der Waals surface area contributed by atoms with E-state index in [4.69, 9.17) is 22.1 Å². The molecule has 3 rings (SSSR count). The van der Waals surface area contributed by atoms with Crippen LogP contribution in [0.25, 0.3) is 11.0 Å². The first-order valence-corrected chi connectivity index (χ1v) is 5.94. The van der Waals surface area contributed by atoms with Crippen LogP contribution in [0.4, 0.5) is 5.95 Å². The number of nitrogen functional groups attached to an aromatic ring is 1. The topological polar surface area (TPSA) is 89.7 Å². The highest BCUT2D eigenvalue weighted by molar-refractivity contribution is 6.31. The number of rotatable bonds is 3. The van der Waals surface area contributed by atoms with E-state index in [2.05, 4.69) is 20.2 Å². The third-order valence-electron chi connectivity index (χ3n) is 2.61. The van der Waals surface area contributed by atoms with Gasteiger partial charge in [-0.15, -0.1) is 0 Å². The minimum Gasteiger partial charge on any atom is -0.472 e. The Kier molecular flexibility index (Phi) is 2.92. The van der Waals surface area contributed by atoms with Gasteiger partial charge in [-0.1, -0.05) is 29.8 Å². The average Bonchev–Trinajstić information content (AvgIpc) is 2.85. The van der Waals surface area contributed by atoms with Crippen molar-refractivity contribution in [1.29, 1.82) is 0 Å². The zero-order valence-electron chi connectivity index (χ0n) is 9.80. The molecule has 0 saturated heterocycles. The highest BCUT2D eigenvalue weighted by Gasteiger charge is 2.10. The summed E-state index contributed by atoms with van der Waals surface area (Å²) in [4.78, 5) is 8.07. The van der Waals surface area contributed by atoms with Crippen LogP contribution in [-0.2, 0) is 6.61 Å². The van der Waals surface area contributed by atoms with Crippen LogP contribution in [-0.4, -0.2) is 20.2 Å². The molecule has 19 heavy (non-hydrogen) atoms. The van der Waals surface area contributed by atoms with Crippen LogP contribution in [0.3, 0.4) is 0 Å². The summed E-state index contributed by atoms with van der Waals surface area (Å²) in [6, 6.07) is 7.45. The van der Waals surface area contributed by atoms with Crippen LogP contribution in [0.5, 0.6) is 5.88 Å². The van der Waals surface area contributed by atoms with Crippen molar-refractivity contribution in [3.8, 4) is 5.88 Å². The van der Waals surface area contributed by atoms with Gasteiger partial charge >= 0.3 is 0 Å². The monoisotopic (exact) mass is 275 g/mol. The van der Waals surface area contributed by atoms with Gasteiger partial charge in [0.25, 0.3) is 0 Å². The summed E-state index contributed by atoms with van der Waals surface area (Å²) >= 11 is 6.06. The number of anilines is 1. The van der Waals surface area contributed by atoms with E-state index in [0.29, 0.717) is 28.5 Å². The zero-order chi connectivity index (χ0) is 13.2. The highest BCUT2D eigenvalue weighted by Crippen LogP contribution is 2.23. The normalized spacial score (nSPS) is 10.8. The Morgan fingerprint density at radius 2 is 2.11 bits per heavy atom. The van der Waals surface area contributed by atoms with E-state index in [1.54, 1.807) is 6.20 Å². The lowest BCUT2D eigenvalue weighted by Crippen LogP contribution is -2.02. The standard InChI is InChI=1S/C12H10ClN5O/c13-9-4-2-1-3-7(9)6-19-11-8-5-15-18-10(8)16-12(14)17-11/h1-5H,6H2,(H3,14,15,16,17,18). The Balaban J connectivity index is 1.90. The van der Waals surface area contributed by atoms with Crippen molar-refractivity contribution >= 4 is 28.6 Å². The third-order valence-corrected chi connectivity index (χ3v) is 2.98. The molecule has 2 heterocycles. The SMILES string of the molecule is Nc1nc(OCc2ccccc2Cl)c2cn[nH]c2n1. The molecule has 3 N–H and O–H groups in total. The Bertz CT molecular complexity index is 727. The molecule has 0 atom stereocenters. The Morgan fingerprint density at radius 1 is 1.26 bits per heavy atom. The molecule has 2 aromatic heterocycles. The minimum absolute atomic E-state index is 0.130. The molecule has 3 aromatic rings.